The summed E-state index contributed by atoms with van der Waals surface area (Å²) in [6.45, 7) is 6.27. The Balaban J connectivity index is 1.98. The number of aryl methyl sites for hydroxylation is 3. The minimum Gasteiger partial charge on any atom is -0.356 e. The molecule has 0 aliphatic heterocycles. The molecule has 0 saturated heterocycles. The fourth-order valence-corrected chi connectivity index (χ4v) is 2.03. The van der Waals surface area contributed by atoms with Gasteiger partial charge in [-0.2, -0.15) is 0 Å². The van der Waals surface area contributed by atoms with Gasteiger partial charge in [0.25, 0.3) is 0 Å². The van der Waals surface area contributed by atoms with Crippen molar-refractivity contribution < 1.29 is 0 Å². The van der Waals surface area contributed by atoms with Gasteiger partial charge in [0.2, 0.25) is 5.95 Å². The summed E-state index contributed by atoms with van der Waals surface area (Å²) in [5.74, 6) is 0.977. The van der Waals surface area contributed by atoms with Crippen molar-refractivity contribution in [2.45, 2.75) is 33.2 Å². The van der Waals surface area contributed by atoms with E-state index in [0.717, 1.165) is 31.9 Å². The summed E-state index contributed by atoms with van der Waals surface area (Å²) in [6, 6.07) is 8.56. The molecule has 3 nitrogen and oxygen atoms in total. The van der Waals surface area contributed by atoms with Gasteiger partial charge in [0.1, 0.15) is 0 Å². The minimum atomic E-state index is 0.969. The van der Waals surface area contributed by atoms with Gasteiger partial charge in [-0.15, -0.1) is 0 Å². The molecule has 0 atom stereocenters. The van der Waals surface area contributed by atoms with Gasteiger partial charge in [-0.25, -0.2) is 4.98 Å². The third kappa shape index (κ3) is 3.13. The first kappa shape index (κ1) is 12.7. The van der Waals surface area contributed by atoms with Gasteiger partial charge in [0.05, 0.1) is 0 Å². The average Bonchev–Trinajstić information content (AvgIpc) is 2.83. The van der Waals surface area contributed by atoms with Gasteiger partial charge >= 0.3 is 0 Å². The Morgan fingerprint density at radius 1 is 1.28 bits per heavy atom. The highest BCUT2D eigenvalue weighted by atomic mass is 15.2. The summed E-state index contributed by atoms with van der Waals surface area (Å²) in [5, 5.41) is 3.35. The Morgan fingerprint density at radius 3 is 2.89 bits per heavy atom. The standard InChI is InChI=1S/C15H21N3/c1-3-9-16-15-17-10-12-18(15)11-8-14-7-5-4-6-13(14)2/h4-7,10,12H,3,8-9,11H2,1-2H3,(H,16,17). The lowest BCUT2D eigenvalue weighted by atomic mass is 10.1. The van der Waals surface area contributed by atoms with Crippen molar-refractivity contribution in [3.8, 4) is 0 Å². The highest BCUT2D eigenvalue weighted by molar-refractivity contribution is 5.28. The fraction of sp³-hybridized carbons (Fsp3) is 0.400. The van der Waals surface area contributed by atoms with Crippen LogP contribution in [0.5, 0.6) is 0 Å². The molecule has 0 spiro atoms. The first-order valence-electron chi connectivity index (χ1n) is 6.60. The van der Waals surface area contributed by atoms with Crippen LogP contribution < -0.4 is 5.32 Å². The number of imidazole rings is 1. The fourth-order valence-electron chi connectivity index (χ4n) is 2.03. The van der Waals surface area contributed by atoms with Crippen LogP contribution in [0.15, 0.2) is 36.7 Å². The number of nitrogens with zero attached hydrogens (tertiary/aromatic N) is 2. The molecule has 1 aromatic heterocycles. The summed E-state index contributed by atoms with van der Waals surface area (Å²) >= 11 is 0. The van der Waals surface area contributed by atoms with E-state index in [2.05, 4.69) is 53.0 Å². The molecule has 1 heterocycles. The topological polar surface area (TPSA) is 29.9 Å². The molecule has 3 heteroatoms. The number of rotatable bonds is 6. The predicted molar refractivity (Wildman–Crippen MR) is 75.9 cm³/mol. The largest absolute Gasteiger partial charge is 0.356 e. The van der Waals surface area contributed by atoms with Crippen molar-refractivity contribution in [1.82, 2.24) is 9.55 Å². The van der Waals surface area contributed by atoms with E-state index in [-0.39, 0.29) is 0 Å². The molecule has 0 saturated carbocycles. The SMILES string of the molecule is CCCNc1nccn1CCc1ccccc1C. The highest BCUT2D eigenvalue weighted by Gasteiger charge is 2.02. The van der Waals surface area contributed by atoms with E-state index in [0.29, 0.717) is 0 Å². The van der Waals surface area contributed by atoms with Crippen molar-refractivity contribution >= 4 is 5.95 Å². The molecule has 18 heavy (non-hydrogen) atoms. The Labute approximate surface area is 109 Å². The molecule has 0 aliphatic rings. The zero-order valence-electron chi connectivity index (χ0n) is 11.2. The Bertz CT molecular complexity index is 488. The molecule has 2 rings (SSSR count). The predicted octanol–water partition coefficient (Wildman–Crippen LogP) is 3.26. The number of anilines is 1. The lowest BCUT2D eigenvalue weighted by molar-refractivity contribution is 0.696. The molecule has 96 valence electrons. The van der Waals surface area contributed by atoms with Crippen LogP contribution in [0, 0.1) is 6.92 Å². The molecule has 0 bridgehead atoms. The monoisotopic (exact) mass is 243 g/mol. The number of aromatic nitrogens is 2. The van der Waals surface area contributed by atoms with Gasteiger partial charge < -0.3 is 9.88 Å². The smallest absolute Gasteiger partial charge is 0.202 e. The number of benzene rings is 1. The van der Waals surface area contributed by atoms with Gasteiger partial charge in [0, 0.05) is 25.5 Å². The van der Waals surface area contributed by atoms with Crippen LogP contribution in [0.3, 0.4) is 0 Å². The second-order valence-corrected chi connectivity index (χ2v) is 4.55. The number of hydrogen-bond donors (Lipinski definition) is 1. The molecule has 0 radical (unpaired) electrons. The maximum absolute atomic E-state index is 4.34. The van der Waals surface area contributed by atoms with Crippen LogP contribution in [-0.2, 0) is 13.0 Å². The van der Waals surface area contributed by atoms with Crippen molar-refractivity contribution in [3.05, 3.63) is 47.8 Å². The van der Waals surface area contributed by atoms with Gasteiger partial charge in [0.15, 0.2) is 0 Å². The van der Waals surface area contributed by atoms with Crippen LogP contribution in [0.25, 0.3) is 0 Å². The van der Waals surface area contributed by atoms with E-state index in [4.69, 9.17) is 0 Å². The van der Waals surface area contributed by atoms with E-state index in [1.165, 1.54) is 11.1 Å². The van der Waals surface area contributed by atoms with Gasteiger partial charge in [-0.05, 0) is 30.9 Å². The van der Waals surface area contributed by atoms with Crippen molar-refractivity contribution in [1.29, 1.82) is 0 Å². The molecule has 0 fully saturated rings. The third-order valence-corrected chi connectivity index (χ3v) is 3.13. The quantitative estimate of drug-likeness (QED) is 0.844. The molecule has 0 aliphatic carbocycles. The van der Waals surface area contributed by atoms with E-state index in [9.17, 15) is 0 Å². The molecule has 0 unspecified atom stereocenters. The molecule has 1 aromatic carbocycles. The Hall–Kier alpha value is -1.77. The average molecular weight is 243 g/mol. The number of nitrogens with one attached hydrogen (secondary N) is 1. The summed E-state index contributed by atoms with van der Waals surface area (Å²) in [6.07, 6.45) is 6.06. The van der Waals surface area contributed by atoms with Crippen LogP contribution in [0.2, 0.25) is 0 Å². The van der Waals surface area contributed by atoms with Crippen LogP contribution >= 0.6 is 0 Å². The van der Waals surface area contributed by atoms with Crippen molar-refractivity contribution in [2.24, 2.45) is 0 Å². The van der Waals surface area contributed by atoms with E-state index >= 15 is 0 Å². The van der Waals surface area contributed by atoms with Gasteiger partial charge in [-0.1, -0.05) is 31.2 Å². The lowest BCUT2D eigenvalue weighted by Gasteiger charge is -2.10. The summed E-state index contributed by atoms with van der Waals surface area (Å²) < 4.78 is 2.18. The van der Waals surface area contributed by atoms with E-state index in [1.54, 1.807) is 0 Å². The zero-order chi connectivity index (χ0) is 12.8. The lowest BCUT2D eigenvalue weighted by Crippen LogP contribution is -2.09. The maximum Gasteiger partial charge on any atom is 0.202 e. The first-order chi connectivity index (χ1) is 8.81. The molecular formula is C15H21N3. The first-order valence-corrected chi connectivity index (χ1v) is 6.60. The second-order valence-electron chi connectivity index (χ2n) is 4.55. The van der Waals surface area contributed by atoms with Crippen molar-refractivity contribution in [3.63, 3.8) is 0 Å². The van der Waals surface area contributed by atoms with Crippen molar-refractivity contribution in [2.75, 3.05) is 11.9 Å². The van der Waals surface area contributed by atoms with E-state index < -0.39 is 0 Å². The Morgan fingerprint density at radius 2 is 2.11 bits per heavy atom. The highest BCUT2D eigenvalue weighted by Crippen LogP contribution is 2.11. The molecule has 0 amide bonds. The molecule has 1 N–H and O–H groups in total. The summed E-state index contributed by atoms with van der Waals surface area (Å²) in [4.78, 5) is 4.34. The van der Waals surface area contributed by atoms with Crippen LogP contribution in [0.1, 0.15) is 24.5 Å². The normalized spacial score (nSPS) is 10.6. The summed E-state index contributed by atoms with van der Waals surface area (Å²) in [5.41, 5.74) is 2.77. The number of hydrogen-bond acceptors (Lipinski definition) is 2. The molecular weight excluding hydrogens is 222 g/mol. The zero-order valence-corrected chi connectivity index (χ0v) is 11.2. The minimum absolute atomic E-state index is 0.969. The third-order valence-electron chi connectivity index (χ3n) is 3.13. The second kappa shape index (κ2) is 6.24. The van der Waals surface area contributed by atoms with E-state index in [1.807, 2.05) is 12.4 Å². The maximum atomic E-state index is 4.34. The summed E-state index contributed by atoms with van der Waals surface area (Å²) in [7, 11) is 0. The van der Waals surface area contributed by atoms with Crippen LogP contribution in [-0.4, -0.2) is 16.1 Å². The molecule has 2 aromatic rings. The van der Waals surface area contributed by atoms with Crippen LogP contribution in [0.4, 0.5) is 5.95 Å². The Kier molecular flexibility index (Phi) is 4.40. The van der Waals surface area contributed by atoms with Gasteiger partial charge in [-0.3, -0.25) is 0 Å².